The smallest absolute Gasteiger partial charge is 0.0205 e. The van der Waals surface area contributed by atoms with Gasteiger partial charge in [0.2, 0.25) is 0 Å². The average molecular weight is 235 g/mol. The van der Waals surface area contributed by atoms with Crippen molar-refractivity contribution in [3.05, 3.63) is 35.4 Å². The molecule has 1 aromatic carbocycles. The summed E-state index contributed by atoms with van der Waals surface area (Å²) in [7, 11) is 0. The minimum absolute atomic E-state index is 0.700. The van der Waals surface area contributed by atoms with Crippen LogP contribution in [-0.4, -0.2) is 18.1 Å². The molecule has 0 amide bonds. The zero-order valence-corrected chi connectivity index (χ0v) is 11.0. The molecule has 0 aromatic heterocycles. The predicted octanol–water partition coefficient (Wildman–Crippen LogP) is 3.41. The Kier molecular flexibility index (Phi) is 4.30. The SMILES string of the molecule is CSC(C)CNCc1ccc(C2CC2)cc1. The first-order chi connectivity index (χ1) is 7.79. The number of hydrogen-bond acceptors (Lipinski definition) is 2. The topological polar surface area (TPSA) is 12.0 Å². The molecule has 1 saturated carbocycles. The second-order valence-corrected chi connectivity index (χ2v) is 5.97. The summed E-state index contributed by atoms with van der Waals surface area (Å²) in [5.74, 6) is 0.874. The fourth-order valence-corrected chi connectivity index (χ4v) is 2.11. The molecular formula is C14H21NS. The highest BCUT2D eigenvalue weighted by molar-refractivity contribution is 7.99. The minimum Gasteiger partial charge on any atom is -0.312 e. The molecule has 0 bridgehead atoms. The summed E-state index contributed by atoms with van der Waals surface area (Å²) in [5, 5.41) is 4.20. The Morgan fingerprint density at radius 3 is 2.56 bits per heavy atom. The van der Waals surface area contributed by atoms with Crippen molar-refractivity contribution in [2.45, 2.75) is 37.5 Å². The quantitative estimate of drug-likeness (QED) is 0.811. The Morgan fingerprint density at radius 1 is 1.31 bits per heavy atom. The van der Waals surface area contributed by atoms with Gasteiger partial charge in [-0.25, -0.2) is 0 Å². The van der Waals surface area contributed by atoms with Crippen LogP contribution in [0.2, 0.25) is 0 Å². The van der Waals surface area contributed by atoms with Gasteiger partial charge in [0.15, 0.2) is 0 Å². The lowest BCUT2D eigenvalue weighted by Crippen LogP contribution is -2.21. The van der Waals surface area contributed by atoms with Crippen molar-refractivity contribution < 1.29 is 0 Å². The lowest BCUT2D eigenvalue weighted by Gasteiger charge is -2.10. The number of hydrogen-bond donors (Lipinski definition) is 1. The van der Waals surface area contributed by atoms with E-state index in [1.807, 2.05) is 11.8 Å². The van der Waals surface area contributed by atoms with Crippen molar-refractivity contribution >= 4 is 11.8 Å². The molecule has 0 heterocycles. The van der Waals surface area contributed by atoms with Crippen molar-refractivity contribution in [1.29, 1.82) is 0 Å². The van der Waals surface area contributed by atoms with Crippen LogP contribution in [0, 0.1) is 0 Å². The number of rotatable bonds is 6. The lowest BCUT2D eigenvalue weighted by atomic mass is 10.1. The van der Waals surface area contributed by atoms with Gasteiger partial charge in [0.1, 0.15) is 0 Å². The maximum absolute atomic E-state index is 3.50. The second-order valence-electron chi connectivity index (χ2n) is 4.69. The summed E-state index contributed by atoms with van der Waals surface area (Å²) in [4.78, 5) is 0. The average Bonchev–Trinajstić information content (AvgIpc) is 3.14. The Labute approximate surface area is 103 Å². The fraction of sp³-hybridized carbons (Fsp3) is 0.571. The third kappa shape index (κ3) is 3.53. The zero-order chi connectivity index (χ0) is 11.4. The lowest BCUT2D eigenvalue weighted by molar-refractivity contribution is 0.684. The molecule has 1 aliphatic carbocycles. The van der Waals surface area contributed by atoms with Crippen LogP contribution in [0.1, 0.15) is 36.8 Å². The molecule has 1 atom stereocenters. The standard InChI is InChI=1S/C14H21NS/c1-11(16-2)9-15-10-12-3-5-13(6-4-12)14-7-8-14/h3-6,11,14-15H,7-10H2,1-2H3. The monoisotopic (exact) mass is 235 g/mol. The fourth-order valence-electron chi connectivity index (χ4n) is 1.83. The molecule has 1 N–H and O–H groups in total. The van der Waals surface area contributed by atoms with Crippen LogP contribution in [0.25, 0.3) is 0 Å². The third-order valence-electron chi connectivity index (χ3n) is 3.19. The maximum Gasteiger partial charge on any atom is 0.0205 e. The van der Waals surface area contributed by atoms with E-state index in [0.29, 0.717) is 5.25 Å². The molecule has 1 aliphatic rings. The molecule has 1 unspecified atom stereocenters. The van der Waals surface area contributed by atoms with E-state index in [0.717, 1.165) is 19.0 Å². The number of thioether (sulfide) groups is 1. The molecule has 2 rings (SSSR count). The van der Waals surface area contributed by atoms with E-state index < -0.39 is 0 Å². The third-order valence-corrected chi connectivity index (χ3v) is 4.16. The second kappa shape index (κ2) is 5.74. The van der Waals surface area contributed by atoms with E-state index in [1.165, 1.54) is 24.0 Å². The Hall–Kier alpha value is -0.470. The minimum atomic E-state index is 0.700. The van der Waals surface area contributed by atoms with E-state index in [2.05, 4.69) is 42.8 Å². The van der Waals surface area contributed by atoms with Crippen molar-refractivity contribution in [2.24, 2.45) is 0 Å². The Morgan fingerprint density at radius 2 is 2.00 bits per heavy atom. The normalized spacial score (nSPS) is 17.4. The van der Waals surface area contributed by atoms with Crippen LogP contribution in [0.4, 0.5) is 0 Å². The van der Waals surface area contributed by atoms with Gasteiger partial charge in [0.05, 0.1) is 0 Å². The van der Waals surface area contributed by atoms with Crippen LogP contribution in [-0.2, 0) is 6.54 Å². The highest BCUT2D eigenvalue weighted by atomic mass is 32.2. The van der Waals surface area contributed by atoms with E-state index in [9.17, 15) is 0 Å². The first-order valence-electron chi connectivity index (χ1n) is 6.12. The number of nitrogens with one attached hydrogen (secondary N) is 1. The van der Waals surface area contributed by atoms with Gasteiger partial charge in [0.25, 0.3) is 0 Å². The van der Waals surface area contributed by atoms with Gasteiger partial charge in [-0.15, -0.1) is 0 Å². The van der Waals surface area contributed by atoms with Crippen LogP contribution in [0.3, 0.4) is 0 Å². The summed E-state index contributed by atoms with van der Waals surface area (Å²) < 4.78 is 0. The molecule has 2 heteroatoms. The highest BCUT2D eigenvalue weighted by Gasteiger charge is 2.22. The molecule has 1 aromatic rings. The van der Waals surface area contributed by atoms with E-state index >= 15 is 0 Å². The summed E-state index contributed by atoms with van der Waals surface area (Å²) in [6, 6.07) is 9.13. The molecule has 0 radical (unpaired) electrons. The summed E-state index contributed by atoms with van der Waals surface area (Å²) in [6.45, 7) is 4.34. The molecule has 88 valence electrons. The van der Waals surface area contributed by atoms with Crippen molar-refractivity contribution in [3.8, 4) is 0 Å². The van der Waals surface area contributed by atoms with Gasteiger partial charge in [-0.3, -0.25) is 0 Å². The predicted molar refractivity (Wildman–Crippen MR) is 73.1 cm³/mol. The molecule has 16 heavy (non-hydrogen) atoms. The molecule has 0 saturated heterocycles. The molecular weight excluding hydrogens is 214 g/mol. The Balaban J connectivity index is 1.76. The summed E-state index contributed by atoms with van der Waals surface area (Å²) in [6.07, 6.45) is 4.95. The van der Waals surface area contributed by atoms with Crippen molar-refractivity contribution in [3.63, 3.8) is 0 Å². The zero-order valence-electron chi connectivity index (χ0n) is 10.2. The highest BCUT2D eigenvalue weighted by Crippen LogP contribution is 2.39. The molecule has 0 spiro atoms. The van der Waals surface area contributed by atoms with E-state index in [1.54, 1.807) is 0 Å². The van der Waals surface area contributed by atoms with Gasteiger partial charge in [-0.2, -0.15) is 11.8 Å². The summed E-state index contributed by atoms with van der Waals surface area (Å²) >= 11 is 1.91. The van der Waals surface area contributed by atoms with Crippen LogP contribution in [0.5, 0.6) is 0 Å². The first-order valence-corrected chi connectivity index (χ1v) is 7.40. The van der Waals surface area contributed by atoms with Gasteiger partial charge in [-0.05, 0) is 36.1 Å². The van der Waals surface area contributed by atoms with E-state index in [4.69, 9.17) is 0 Å². The van der Waals surface area contributed by atoms with Crippen LogP contribution >= 0.6 is 11.8 Å². The van der Waals surface area contributed by atoms with Gasteiger partial charge in [-0.1, -0.05) is 31.2 Å². The van der Waals surface area contributed by atoms with Gasteiger partial charge >= 0.3 is 0 Å². The van der Waals surface area contributed by atoms with Gasteiger partial charge in [0, 0.05) is 18.3 Å². The molecule has 1 fully saturated rings. The van der Waals surface area contributed by atoms with Crippen LogP contribution < -0.4 is 5.32 Å². The largest absolute Gasteiger partial charge is 0.312 e. The van der Waals surface area contributed by atoms with Crippen LogP contribution in [0.15, 0.2) is 24.3 Å². The molecule has 0 aliphatic heterocycles. The first kappa shape index (κ1) is 12.0. The Bertz CT molecular complexity index is 316. The summed E-state index contributed by atoms with van der Waals surface area (Å²) in [5.41, 5.74) is 2.93. The van der Waals surface area contributed by atoms with Crippen molar-refractivity contribution in [1.82, 2.24) is 5.32 Å². The number of benzene rings is 1. The van der Waals surface area contributed by atoms with Crippen molar-refractivity contribution in [2.75, 3.05) is 12.8 Å². The van der Waals surface area contributed by atoms with Gasteiger partial charge < -0.3 is 5.32 Å². The maximum atomic E-state index is 3.50. The van der Waals surface area contributed by atoms with E-state index in [-0.39, 0.29) is 0 Å². The molecule has 1 nitrogen and oxygen atoms in total.